The third-order valence-electron chi connectivity index (χ3n) is 3.18. The highest BCUT2D eigenvalue weighted by Gasteiger charge is 2.30. The molecule has 2 rings (SSSR count). The summed E-state index contributed by atoms with van der Waals surface area (Å²) in [6, 6.07) is 1.91. The Morgan fingerprint density at radius 3 is 2.70 bits per heavy atom. The summed E-state index contributed by atoms with van der Waals surface area (Å²) in [5.74, 6) is -0.368. The molecule has 0 aliphatic rings. The molecular weight excluding hydrogens is 260 g/mol. The summed E-state index contributed by atoms with van der Waals surface area (Å²) in [5, 5.41) is 25.1. The van der Waals surface area contributed by atoms with Crippen LogP contribution in [0.4, 0.5) is 0 Å². The highest BCUT2D eigenvalue weighted by Crippen LogP contribution is 2.22. The van der Waals surface area contributed by atoms with E-state index in [1.54, 1.807) is 18.5 Å². The minimum absolute atomic E-state index is 0.192. The van der Waals surface area contributed by atoms with Gasteiger partial charge in [0.25, 0.3) is 0 Å². The topological polar surface area (TPSA) is 98.7 Å². The van der Waals surface area contributed by atoms with Crippen molar-refractivity contribution in [2.75, 3.05) is 0 Å². The molecule has 1 N–H and O–H groups in total. The van der Waals surface area contributed by atoms with Gasteiger partial charge in [-0.3, -0.25) is 9.48 Å². The molecule has 2 aromatic heterocycles. The summed E-state index contributed by atoms with van der Waals surface area (Å²) in [6.07, 6.45) is 0.816. The zero-order valence-corrected chi connectivity index (χ0v) is 12.0. The number of aromatic nitrogens is 6. The molecule has 0 saturated heterocycles. The number of nitrogens with zero attached hydrogens (tertiary/aromatic N) is 6. The monoisotopic (exact) mass is 278 g/mol. The van der Waals surface area contributed by atoms with Gasteiger partial charge in [0.15, 0.2) is 5.82 Å². The van der Waals surface area contributed by atoms with Gasteiger partial charge in [-0.15, -0.1) is 5.10 Å². The van der Waals surface area contributed by atoms with E-state index in [9.17, 15) is 9.90 Å². The second-order valence-electron chi connectivity index (χ2n) is 5.35. The number of carbonyl (C=O) groups is 1. The molecule has 0 bridgehead atoms. The van der Waals surface area contributed by atoms with Gasteiger partial charge in [-0.1, -0.05) is 6.92 Å². The van der Waals surface area contributed by atoms with Crippen LogP contribution in [0.5, 0.6) is 0 Å². The molecule has 0 amide bonds. The van der Waals surface area contributed by atoms with Gasteiger partial charge < -0.3 is 5.11 Å². The first-order valence-electron chi connectivity index (χ1n) is 6.38. The maximum Gasteiger partial charge on any atom is 0.310 e. The number of hydrogen-bond acceptors (Lipinski definition) is 5. The zero-order chi connectivity index (χ0) is 14.9. The quantitative estimate of drug-likeness (QED) is 0.866. The van der Waals surface area contributed by atoms with E-state index in [-0.39, 0.29) is 6.54 Å². The highest BCUT2D eigenvalue weighted by molar-refractivity contribution is 5.73. The molecule has 0 aliphatic carbocycles. The zero-order valence-electron chi connectivity index (χ0n) is 12.0. The summed E-state index contributed by atoms with van der Waals surface area (Å²) < 4.78 is 3.21. The molecule has 0 aromatic carbocycles. The predicted octanol–water partition coefficient (Wildman–Crippen LogP) is 0.747. The molecular formula is C12H18N6O2. The molecule has 8 nitrogen and oxygen atoms in total. The predicted molar refractivity (Wildman–Crippen MR) is 70.8 cm³/mol. The number of carboxylic acid groups (broad SMARTS) is 1. The highest BCUT2D eigenvalue weighted by atomic mass is 16.4. The smallest absolute Gasteiger partial charge is 0.310 e. The average Bonchev–Trinajstić information content (AvgIpc) is 2.94. The summed E-state index contributed by atoms with van der Waals surface area (Å²) >= 11 is 0. The fourth-order valence-corrected chi connectivity index (χ4v) is 1.85. The largest absolute Gasteiger partial charge is 0.481 e. The molecule has 0 atom stereocenters. The lowest BCUT2D eigenvalue weighted by molar-refractivity contribution is -0.147. The van der Waals surface area contributed by atoms with Crippen LogP contribution in [0, 0.1) is 5.41 Å². The maximum absolute atomic E-state index is 11.2. The van der Waals surface area contributed by atoms with Crippen molar-refractivity contribution in [3.63, 3.8) is 0 Å². The molecule has 0 aliphatic heterocycles. The second-order valence-corrected chi connectivity index (χ2v) is 5.35. The Morgan fingerprint density at radius 2 is 2.15 bits per heavy atom. The van der Waals surface area contributed by atoms with Crippen LogP contribution in [0.3, 0.4) is 0 Å². The standard InChI is InChI=1S/C12H18N6O2/c1-5-8-6-9(17(4)14-8)10-13-15-16-18(10)7-12(2,3)11(19)20/h6H,5,7H2,1-4H3,(H,19,20). The number of rotatable bonds is 5. The Balaban J connectivity index is 2.38. The van der Waals surface area contributed by atoms with Gasteiger partial charge in [-0.05, 0) is 36.8 Å². The van der Waals surface area contributed by atoms with Crippen molar-refractivity contribution in [1.29, 1.82) is 0 Å². The minimum Gasteiger partial charge on any atom is -0.481 e. The van der Waals surface area contributed by atoms with Crippen molar-refractivity contribution in [1.82, 2.24) is 30.0 Å². The van der Waals surface area contributed by atoms with Gasteiger partial charge >= 0.3 is 5.97 Å². The Hall–Kier alpha value is -2.25. The fourth-order valence-electron chi connectivity index (χ4n) is 1.85. The normalized spacial score (nSPS) is 11.8. The molecule has 2 heterocycles. The summed E-state index contributed by atoms with van der Waals surface area (Å²) in [5.41, 5.74) is 0.763. The minimum atomic E-state index is -0.948. The van der Waals surface area contributed by atoms with Crippen LogP contribution in [-0.2, 0) is 24.8 Å². The Kier molecular flexibility index (Phi) is 3.56. The van der Waals surface area contributed by atoms with E-state index in [0.717, 1.165) is 17.8 Å². The number of tetrazole rings is 1. The maximum atomic E-state index is 11.2. The first-order valence-corrected chi connectivity index (χ1v) is 6.38. The van der Waals surface area contributed by atoms with Crippen LogP contribution in [0.1, 0.15) is 26.5 Å². The molecule has 8 heteroatoms. The van der Waals surface area contributed by atoms with Crippen LogP contribution < -0.4 is 0 Å². The van der Waals surface area contributed by atoms with E-state index in [2.05, 4.69) is 20.6 Å². The van der Waals surface area contributed by atoms with Crippen LogP contribution in [-0.4, -0.2) is 41.1 Å². The molecule has 0 spiro atoms. The molecule has 2 aromatic rings. The molecule has 0 fully saturated rings. The number of carboxylic acids is 1. The summed E-state index contributed by atoms with van der Waals surface area (Å²) in [6.45, 7) is 5.49. The number of aryl methyl sites for hydroxylation is 2. The van der Waals surface area contributed by atoms with Gasteiger partial charge in [-0.2, -0.15) is 5.10 Å². The van der Waals surface area contributed by atoms with Gasteiger partial charge in [-0.25, -0.2) is 4.68 Å². The second kappa shape index (κ2) is 5.03. The van der Waals surface area contributed by atoms with Crippen LogP contribution in [0.25, 0.3) is 11.5 Å². The van der Waals surface area contributed by atoms with Crippen molar-refractivity contribution in [2.45, 2.75) is 33.7 Å². The van der Waals surface area contributed by atoms with Crippen molar-refractivity contribution in [3.05, 3.63) is 11.8 Å². The van der Waals surface area contributed by atoms with E-state index in [0.29, 0.717) is 5.82 Å². The van der Waals surface area contributed by atoms with Gasteiger partial charge in [0.2, 0.25) is 0 Å². The van der Waals surface area contributed by atoms with Crippen LogP contribution >= 0.6 is 0 Å². The lowest BCUT2D eigenvalue weighted by atomic mass is 9.94. The molecule has 0 unspecified atom stereocenters. The summed E-state index contributed by atoms with van der Waals surface area (Å²) in [7, 11) is 1.82. The van der Waals surface area contributed by atoms with Crippen LogP contribution in [0.15, 0.2) is 6.07 Å². The third kappa shape index (κ3) is 2.54. The first kappa shape index (κ1) is 14.2. The molecule has 20 heavy (non-hydrogen) atoms. The van der Waals surface area contributed by atoms with E-state index in [1.165, 1.54) is 4.68 Å². The van der Waals surface area contributed by atoms with Crippen LogP contribution in [0.2, 0.25) is 0 Å². The lowest BCUT2D eigenvalue weighted by Gasteiger charge is -2.18. The van der Waals surface area contributed by atoms with Crippen molar-refractivity contribution >= 4 is 5.97 Å². The van der Waals surface area contributed by atoms with Gasteiger partial charge in [0.05, 0.1) is 17.7 Å². The number of hydrogen-bond donors (Lipinski definition) is 1. The third-order valence-corrected chi connectivity index (χ3v) is 3.18. The van der Waals surface area contributed by atoms with Gasteiger partial charge in [0.1, 0.15) is 5.69 Å². The Labute approximate surface area is 116 Å². The molecule has 0 radical (unpaired) electrons. The van der Waals surface area contributed by atoms with Crippen molar-refractivity contribution in [3.8, 4) is 11.5 Å². The van der Waals surface area contributed by atoms with E-state index in [1.807, 2.05) is 20.0 Å². The molecule has 108 valence electrons. The average molecular weight is 278 g/mol. The van der Waals surface area contributed by atoms with Crippen molar-refractivity contribution in [2.24, 2.45) is 12.5 Å². The van der Waals surface area contributed by atoms with E-state index < -0.39 is 11.4 Å². The number of aliphatic carboxylic acids is 1. The first-order chi connectivity index (χ1) is 9.35. The SMILES string of the molecule is CCc1cc(-c2nnnn2CC(C)(C)C(=O)O)n(C)n1. The Morgan fingerprint density at radius 1 is 1.45 bits per heavy atom. The molecule has 0 saturated carbocycles. The summed E-state index contributed by atoms with van der Waals surface area (Å²) in [4.78, 5) is 11.2. The van der Waals surface area contributed by atoms with E-state index in [4.69, 9.17) is 0 Å². The Bertz CT molecular complexity index is 628. The lowest BCUT2D eigenvalue weighted by Crippen LogP contribution is -2.30. The van der Waals surface area contributed by atoms with E-state index >= 15 is 0 Å². The van der Waals surface area contributed by atoms with Crippen molar-refractivity contribution < 1.29 is 9.90 Å². The van der Waals surface area contributed by atoms with Gasteiger partial charge in [0, 0.05) is 7.05 Å². The fraction of sp³-hybridized carbons (Fsp3) is 0.583.